The van der Waals surface area contributed by atoms with Crippen molar-refractivity contribution in [2.24, 2.45) is 0 Å². The molecule has 5 nitrogen and oxygen atoms in total. The lowest BCUT2D eigenvalue weighted by atomic mass is 10.2. The van der Waals surface area contributed by atoms with Crippen LogP contribution in [0.25, 0.3) is 11.3 Å². The van der Waals surface area contributed by atoms with E-state index in [4.69, 9.17) is 5.26 Å². The summed E-state index contributed by atoms with van der Waals surface area (Å²) in [5.41, 5.74) is 2.02. The van der Waals surface area contributed by atoms with Crippen molar-refractivity contribution in [2.45, 2.75) is 13.3 Å². The molecule has 0 aliphatic carbocycles. The lowest BCUT2D eigenvalue weighted by Gasteiger charge is -2.05. The molecule has 0 saturated heterocycles. The van der Waals surface area contributed by atoms with Crippen LogP contribution in [0.2, 0.25) is 0 Å². The second-order valence-corrected chi connectivity index (χ2v) is 3.79. The van der Waals surface area contributed by atoms with Gasteiger partial charge in [0.15, 0.2) is 0 Å². The molecule has 1 N–H and O–H groups in total. The van der Waals surface area contributed by atoms with Gasteiger partial charge in [-0.1, -0.05) is 6.92 Å². The van der Waals surface area contributed by atoms with E-state index in [0.29, 0.717) is 11.3 Å². The Labute approximate surface area is 106 Å². The van der Waals surface area contributed by atoms with Gasteiger partial charge in [0.2, 0.25) is 0 Å². The van der Waals surface area contributed by atoms with Crippen LogP contribution in [-0.2, 0) is 0 Å². The Kier molecular flexibility index (Phi) is 3.82. The van der Waals surface area contributed by atoms with E-state index in [1.165, 1.54) is 6.20 Å². The lowest BCUT2D eigenvalue weighted by Crippen LogP contribution is -2.03. The highest BCUT2D eigenvalue weighted by Crippen LogP contribution is 2.17. The van der Waals surface area contributed by atoms with E-state index in [9.17, 15) is 0 Å². The molecule has 0 radical (unpaired) electrons. The van der Waals surface area contributed by atoms with Crippen LogP contribution >= 0.6 is 0 Å². The van der Waals surface area contributed by atoms with Crippen molar-refractivity contribution in [3.8, 4) is 17.3 Å². The normalized spacial score (nSPS) is 9.78. The third-order valence-electron chi connectivity index (χ3n) is 2.35. The molecule has 2 aromatic heterocycles. The minimum atomic E-state index is 0.515. The summed E-state index contributed by atoms with van der Waals surface area (Å²) >= 11 is 0. The molecule has 0 spiro atoms. The van der Waals surface area contributed by atoms with E-state index in [2.05, 4.69) is 33.3 Å². The quantitative estimate of drug-likeness (QED) is 0.885. The third-order valence-corrected chi connectivity index (χ3v) is 2.35. The van der Waals surface area contributed by atoms with E-state index in [0.717, 1.165) is 24.3 Å². The highest BCUT2D eigenvalue weighted by Gasteiger charge is 2.03. The molecule has 0 aliphatic heterocycles. The van der Waals surface area contributed by atoms with Gasteiger partial charge >= 0.3 is 0 Å². The molecule has 0 aromatic carbocycles. The lowest BCUT2D eigenvalue weighted by molar-refractivity contribution is 0.965. The Balaban J connectivity index is 2.29. The molecule has 90 valence electrons. The zero-order valence-corrected chi connectivity index (χ0v) is 10.1. The van der Waals surface area contributed by atoms with Gasteiger partial charge in [-0.2, -0.15) is 5.26 Å². The molecule has 0 amide bonds. The highest BCUT2D eigenvalue weighted by atomic mass is 15.0. The summed E-state index contributed by atoms with van der Waals surface area (Å²) in [6.07, 6.45) is 7.57. The van der Waals surface area contributed by atoms with Gasteiger partial charge in [-0.3, -0.25) is 9.97 Å². The zero-order chi connectivity index (χ0) is 12.8. The zero-order valence-electron chi connectivity index (χ0n) is 10.1. The van der Waals surface area contributed by atoms with Crippen LogP contribution in [0, 0.1) is 11.3 Å². The Morgan fingerprint density at radius 3 is 2.83 bits per heavy atom. The van der Waals surface area contributed by atoms with Crippen LogP contribution in [0.4, 0.5) is 5.82 Å². The number of aromatic nitrogens is 3. The van der Waals surface area contributed by atoms with E-state index in [1.54, 1.807) is 24.7 Å². The monoisotopic (exact) mass is 239 g/mol. The topological polar surface area (TPSA) is 74.5 Å². The number of anilines is 1. The Bertz CT molecular complexity index is 574. The third kappa shape index (κ3) is 2.80. The molecular weight excluding hydrogens is 226 g/mol. The summed E-state index contributed by atoms with van der Waals surface area (Å²) in [5, 5.41) is 12.0. The van der Waals surface area contributed by atoms with Crippen molar-refractivity contribution in [2.75, 3.05) is 11.9 Å². The van der Waals surface area contributed by atoms with Crippen molar-refractivity contribution >= 4 is 5.82 Å². The summed E-state index contributed by atoms with van der Waals surface area (Å²) in [5.74, 6) is 0.733. The molecule has 5 heteroatoms. The van der Waals surface area contributed by atoms with Gasteiger partial charge in [-0.25, -0.2) is 4.98 Å². The average molecular weight is 239 g/mol. The molecule has 0 atom stereocenters. The number of nitrogens with one attached hydrogen (secondary N) is 1. The molecule has 0 aliphatic rings. The number of hydrogen-bond donors (Lipinski definition) is 1. The van der Waals surface area contributed by atoms with Gasteiger partial charge in [0, 0.05) is 24.5 Å². The molecule has 0 fully saturated rings. The SMILES string of the molecule is CCCNc1cncc(-c2cncc(C#N)c2)n1. The summed E-state index contributed by atoms with van der Waals surface area (Å²) < 4.78 is 0. The largest absolute Gasteiger partial charge is 0.369 e. The van der Waals surface area contributed by atoms with Crippen molar-refractivity contribution < 1.29 is 0 Å². The molecule has 0 bridgehead atoms. The van der Waals surface area contributed by atoms with Crippen molar-refractivity contribution in [3.63, 3.8) is 0 Å². The summed E-state index contributed by atoms with van der Waals surface area (Å²) in [6, 6.07) is 3.81. The van der Waals surface area contributed by atoms with Crippen LogP contribution in [0.1, 0.15) is 18.9 Å². The highest BCUT2D eigenvalue weighted by molar-refractivity contribution is 5.60. The number of pyridine rings is 1. The number of hydrogen-bond acceptors (Lipinski definition) is 5. The fourth-order valence-corrected chi connectivity index (χ4v) is 1.48. The molecule has 18 heavy (non-hydrogen) atoms. The maximum atomic E-state index is 8.84. The van der Waals surface area contributed by atoms with Gasteiger partial charge in [0.05, 0.1) is 23.7 Å². The standard InChI is InChI=1S/C13H13N5/c1-2-3-17-13-9-16-8-12(18-13)11-4-10(5-14)6-15-7-11/h4,6-9H,2-3H2,1H3,(H,17,18). The van der Waals surface area contributed by atoms with E-state index >= 15 is 0 Å². The maximum Gasteiger partial charge on any atom is 0.145 e. The second kappa shape index (κ2) is 5.73. The second-order valence-electron chi connectivity index (χ2n) is 3.79. The predicted molar refractivity (Wildman–Crippen MR) is 68.8 cm³/mol. The van der Waals surface area contributed by atoms with Gasteiger partial charge in [0.25, 0.3) is 0 Å². The minimum absolute atomic E-state index is 0.515. The Hall–Kier alpha value is -2.48. The summed E-state index contributed by atoms with van der Waals surface area (Å²) in [7, 11) is 0. The fourth-order valence-electron chi connectivity index (χ4n) is 1.48. The van der Waals surface area contributed by atoms with E-state index < -0.39 is 0 Å². The number of nitrogens with zero attached hydrogens (tertiary/aromatic N) is 4. The number of rotatable bonds is 4. The van der Waals surface area contributed by atoms with E-state index in [1.807, 2.05) is 0 Å². The van der Waals surface area contributed by atoms with Crippen molar-refractivity contribution in [3.05, 3.63) is 36.4 Å². The first-order valence-electron chi connectivity index (χ1n) is 5.75. The fraction of sp³-hybridized carbons (Fsp3) is 0.231. The minimum Gasteiger partial charge on any atom is -0.369 e. The van der Waals surface area contributed by atoms with Crippen LogP contribution in [0.15, 0.2) is 30.9 Å². The summed E-state index contributed by atoms with van der Waals surface area (Å²) in [6.45, 7) is 2.94. The van der Waals surface area contributed by atoms with Gasteiger partial charge in [-0.05, 0) is 12.5 Å². The van der Waals surface area contributed by atoms with Crippen molar-refractivity contribution in [1.82, 2.24) is 15.0 Å². The first kappa shape index (κ1) is 12.0. The Morgan fingerprint density at radius 2 is 2.06 bits per heavy atom. The van der Waals surface area contributed by atoms with Crippen LogP contribution in [0.5, 0.6) is 0 Å². The average Bonchev–Trinajstić information content (AvgIpc) is 2.45. The Morgan fingerprint density at radius 1 is 1.22 bits per heavy atom. The molecular formula is C13H13N5. The molecule has 2 aromatic rings. The summed E-state index contributed by atoms with van der Waals surface area (Å²) in [4.78, 5) is 12.6. The molecule has 2 heterocycles. The first-order chi connectivity index (χ1) is 8.83. The van der Waals surface area contributed by atoms with Gasteiger partial charge in [0.1, 0.15) is 11.9 Å². The molecule has 0 saturated carbocycles. The smallest absolute Gasteiger partial charge is 0.145 e. The van der Waals surface area contributed by atoms with Crippen LogP contribution in [-0.4, -0.2) is 21.5 Å². The van der Waals surface area contributed by atoms with Crippen molar-refractivity contribution in [1.29, 1.82) is 5.26 Å². The van der Waals surface area contributed by atoms with Crippen LogP contribution < -0.4 is 5.32 Å². The van der Waals surface area contributed by atoms with Crippen LogP contribution in [0.3, 0.4) is 0 Å². The first-order valence-corrected chi connectivity index (χ1v) is 5.75. The number of nitriles is 1. The van der Waals surface area contributed by atoms with Gasteiger partial charge < -0.3 is 5.32 Å². The predicted octanol–water partition coefficient (Wildman–Crippen LogP) is 2.23. The maximum absolute atomic E-state index is 8.84. The van der Waals surface area contributed by atoms with E-state index in [-0.39, 0.29) is 0 Å². The molecule has 2 rings (SSSR count). The molecule has 0 unspecified atom stereocenters. The van der Waals surface area contributed by atoms with Gasteiger partial charge in [-0.15, -0.1) is 0 Å².